The van der Waals surface area contributed by atoms with Gasteiger partial charge in [-0.2, -0.15) is 0 Å². The van der Waals surface area contributed by atoms with Crippen molar-refractivity contribution >= 4 is 21.9 Å². The maximum atomic E-state index is 11.3. The molecule has 0 amide bonds. The molecular weight excluding hydrogens is 208 g/mol. The van der Waals surface area contributed by atoms with Crippen molar-refractivity contribution in [1.82, 2.24) is 0 Å². The van der Waals surface area contributed by atoms with Crippen LogP contribution >= 0.6 is 15.9 Å². The minimum absolute atomic E-state index is 0.0388. The van der Waals surface area contributed by atoms with Crippen molar-refractivity contribution < 1.29 is 9.53 Å². The van der Waals surface area contributed by atoms with E-state index < -0.39 is 0 Å². The molecule has 3 fully saturated rings. The van der Waals surface area contributed by atoms with Gasteiger partial charge < -0.3 is 4.74 Å². The number of halogens is 1. The number of alkyl halides is 1. The van der Waals surface area contributed by atoms with Gasteiger partial charge in [0.1, 0.15) is 0 Å². The fraction of sp³-hybridized carbons (Fsp3) is 0.875. The highest BCUT2D eigenvalue weighted by atomic mass is 79.9. The molecule has 3 rings (SSSR count). The highest BCUT2D eigenvalue weighted by Crippen LogP contribution is 2.76. The molecule has 3 aliphatic carbocycles. The van der Waals surface area contributed by atoms with E-state index in [2.05, 4.69) is 22.9 Å². The summed E-state index contributed by atoms with van der Waals surface area (Å²) in [4.78, 5) is 11.6. The van der Waals surface area contributed by atoms with Gasteiger partial charge in [0.15, 0.2) is 0 Å². The smallest absolute Gasteiger partial charge is 0.312 e. The fourth-order valence-corrected chi connectivity index (χ4v) is 3.44. The third kappa shape index (κ3) is 0.616. The van der Waals surface area contributed by atoms with Crippen molar-refractivity contribution in [1.29, 1.82) is 0 Å². The van der Waals surface area contributed by atoms with Crippen LogP contribution in [0.4, 0.5) is 0 Å². The molecule has 1 atom stereocenters. The molecule has 0 aliphatic heterocycles. The van der Waals surface area contributed by atoms with Crippen LogP contribution in [0.25, 0.3) is 0 Å². The zero-order valence-electron chi connectivity index (χ0n) is 6.69. The Morgan fingerprint density at radius 2 is 2.18 bits per heavy atom. The van der Waals surface area contributed by atoms with E-state index in [1.54, 1.807) is 0 Å². The number of esters is 1. The summed E-state index contributed by atoms with van der Waals surface area (Å²) in [5, 5.41) is 0. The van der Waals surface area contributed by atoms with E-state index in [0.29, 0.717) is 10.2 Å². The Labute approximate surface area is 74.4 Å². The quantitative estimate of drug-likeness (QED) is 0.495. The lowest BCUT2D eigenvalue weighted by atomic mass is 9.36. The average Bonchev–Trinajstić information content (AvgIpc) is 1.98. The molecule has 0 heterocycles. The second kappa shape index (κ2) is 1.82. The first-order chi connectivity index (χ1) is 5.05. The van der Waals surface area contributed by atoms with Gasteiger partial charge in [0.05, 0.1) is 12.5 Å². The van der Waals surface area contributed by atoms with Gasteiger partial charge in [-0.1, -0.05) is 22.9 Å². The zero-order chi connectivity index (χ0) is 8.28. The van der Waals surface area contributed by atoms with Crippen LogP contribution in [0.5, 0.6) is 0 Å². The van der Waals surface area contributed by atoms with E-state index in [-0.39, 0.29) is 11.4 Å². The van der Waals surface area contributed by atoms with Gasteiger partial charge in [-0.05, 0) is 18.3 Å². The number of hydrogen-bond donors (Lipinski definition) is 0. The Balaban J connectivity index is 2.13. The second-order valence-electron chi connectivity index (χ2n) is 4.02. The Morgan fingerprint density at radius 1 is 1.64 bits per heavy atom. The standard InChI is InChI=1S/C8H11BrO2/c1-7-3-8(4-7,5(7)9)6(10)11-2/h5H,3-4H2,1-2H3. The lowest BCUT2D eigenvalue weighted by Gasteiger charge is -2.71. The normalized spacial score (nSPS) is 52.5. The lowest BCUT2D eigenvalue weighted by Crippen LogP contribution is -2.73. The van der Waals surface area contributed by atoms with Crippen LogP contribution < -0.4 is 0 Å². The minimum Gasteiger partial charge on any atom is -0.469 e. The van der Waals surface area contributed by atoms with Crippen molar-refractivity contribution in [3.05, 3.63) is 0 Å². The number of rotatable bonds is 1. The van der Waals surface area contributed by atoms with E-state index in [1.807, 2.05) is 0 Å². The van der Waals surface area contributed by atoms with Crippen molar-refractivity contribution in [2.24, 2.45) is 10.8 Å². The first-order valence-electron chi connectivity index (χ1n) is 3.78. The lowest BCUT2D eigenvalue weighted by molar-refractivity contribution is -0.210. The van der Waals surface area contributed by atoms with E-state index in [4.69, 9.17) is 4.74 Å². The molecule has 2 nitrogen and oxygen atoms in total. The first-order valence-corrected chi connectivity index (χ1v) is 4.69. The molecule has 0 aromatic rings. The molecule has 0 radical (unpaired) electrons. The van der Waals surface area contributed by atoms with Crippen LogP contribution in [0.3, 0.4) is 0 Å². The molecule has 2 bridgehead atoms. The van der Waals surface area contributed by atoms with Crippen LogP contribution in [0, 0.1) is 10.8 Å². The molecule has 11 heavy (non-hydrogen) atoms. The van der Waals surface area contributed by atoms with Gasteiger partial charge in [0, 0.05) is 4.83 Å². The van der Waals surface area contributed by atoms with Crippen LogP contribution in [0.15, 0.2) is 0 Å². The molecule has 0 spiro atoms. The molecule has 0 saturated heterocycles. The summed E-state index contributed by atoms with van der Waals surface area (Å²) in [6.45, 7) is 2.21. The van der Waals surface area contributed by atoms with E-state index in [1.165, 1.54) is 7.11 Å². The largest absolute Gasteiger partial charge is 0.469 e. The van der Waals surface area contributed by atoms with E-state index in [9.17, 15) is 4.79 Å². The van der Waals surface area contributed by atoms with Crippen LogP contribution in [-0.2, 0) is 9.53 Å². The molecular formula is C8H11BrO2. The van der Waals surface area contributed by atoms with Crippen LogP contribution in [-0.4, -0.2) is 17.9 Å². The monoisotopic (exact) mass is 218 g/mol. The third-order valence-corrected chi connectivity index (χ3v) is 5.11. The number of hydrogen-bond acceptors (Lipinski definition) is 2. The Hall–Kier alpha value is -0.0500. The van der Waals surface area contributed by atoms with Gasteiger partial charge in [-0.25, -0.2) is 0 Å². The second-order valence-corrected chi connectivity index (χ2v) is 4.93. The summed E-state index contributed by atoms with van der Waals surface area (Å²) in [5.74, 6) is -0.0388. The molecule has 3 heteroatoms. The predicted molar refractivity (Wildman–Crippen MR) is 44.5 cm³/mol. The van der Waals surface area contributed by atoms with E-state index >= 15 is 0 Å². The van der Waals surface area contributed by atoms with Gasteiger partial charge in [0.2, 0.25) is 0 Å². The number of carbonyl (C=O) groups is 1. The molecule has 1 unspecified atom stereocenters. The summed E-state index contributed by atoms with van der Waals surface area (Å²) < 4.78 is 4.74. The molecule has 0 N–H and O–H groups in total. The number of methoxy groups -OCH3 is 1. The van der Waals surface area contributed by atoms with Gasteiger partial charge >= 0.3 is 5.97 Å². The van der Waals surface area contributed by atoms with Crippen LogP contribution in [0.2, 0.25) is 0 Å². The summed E-state index contributed by atoms with van der Waals surface area (Å²) >= 11 is 3.53. The maximum Gasteiger partial charge on any atom is 0.312 e. The third-order valence-electron chi connectivity index (χ3n) is 3.13. The number of carbonyl (C=O) groups excluding carboxylic acids is 1. The first kappa shape index (κ1) is 7.59. The van der Waals surface area contributed by atoms with Crippen molar-refractivity contribution in [2.45, 2.75) is 24.6 Å². The predicted octanol–water partition coefficient (Wildman–Crippen LogP) is 1.72. The fourth-order valence-electron chi connectivity index (χ4n) is 2.60. The molecule has 0 aromatic carbocycles. The molecule has 3 aliphatic rings. The minimum atomic E-state index is -0.149. The van der Waals surface area contributed by atoms with Gasteiger partial charge in [-0.3, -0.25) is 4.79 Å². The Morgan fingerprint density at radius 3 is 2.45 bits per heavy atom. The number of ether oxygens (including phenoxy) is 1. The zero-order valence-corrected chi connectivity index (χ0v) is 8.27. The highest BCUT2D eigenvalue weighted by Gasteiger charge is 2.76. The van der Waals surface area contributed by atoms with Gasteiger partial charge in [0.25, 0.3) is 0 Å². The van der Waals surface area contributed by atoms with Crippen molar-refractivity contribution in [3.63, 3.8) is 0 Å². The molecule has 62 valence electrons. The molecule has 0 aromatic heterocycles. The van der Waals surface area contributed by atoms with Crippen molar-refractivity contribution in [2.75, 3.05) is 7.11 Å². The Bertz CT molecular complexity index is 218. The molecule has 3 saturated carbocycles. The maximum absolute atomic E-state index is 11.3. The summed E-state index contributed by atoms with van der Waals surface area (Å²) in [6.07, 6.45) is 2.01. The average molecular weight is 219 g/mol. The summed E-state index contributed by atoms with van der Waals surface area (Å²) in [7, 11) is 1.46. The topological polar surface area (TPSA) is 26.3 Å². The van der Waals surface area contributed by atoms with Crippen LogP contribution in [0.1, 0.15) is 19.8 Å². The summed E-state index contributed by atoms with van der Waals surface area (Å²) in [6, 6.07) is 0. The van der Waals surface area contributed by atoms with Gasteiger partial charge in [-0.15, -0.1) is 0 Å². The summed E-state index contributed by atoms with van der Waals surface area (Å²) in [5.41, 5.74) is 0.234. The highest BCUT2D eigenvalue weighted by molar-refractivity contribution is 9.09. The SMILES string of the molecule is COC(=O)C12CC(C)(C1)C2Br. The van der Waals surface area contributed by atoms with E-state index in [0.717, 1.165) is 12.8 Å². The van der Waals surface area contributed by atoms with Crippen molar-refractivity contribution in [3.8, 4) is 0 Å². The Kier molecular flexibility index (Phi) is 1.25.